The van der Waals surface area contributed by atoms with Crippen molar-refractivity contribution in [3.05, 3.63) is 27.7 Å². The zero-order chi connectivity index (χ0) is 14.8. The topological polar surface area (TPSA) is 21.3 Å². The van der Waals surface area contributed by atoms with Crippen LogP contribution in [0.3, 0.4) is 0 Å². The normalized spacial score (nSPS) is 19.9. The van der Waals surface area contributed by atoms with Gasteiger partial charge in [-0.3, -0.25) is 0 Å². The molecule has 1 heterocycles. The van der Waals surface area contributed by atoms with Crippen LogP contribution in [0.1, 0.15) is 44.7 Å². The van der Waals surface area contributed by atoms with Gasteiger partial charge in [0.05, 0.1) is 11.6 Å². The molecule has 1 saturated heterocycles. The maximum absolute atomic E-state index is 5.62. The van der Waals surface area contributed by atoms with Gasteiger partial charge in [0.2, 0.25) is 0 Å². The van der Waals surface area contributed by atoms with Gasteiger partial charge in [-0.1, -0.05) is 26.8 Å². The fraction of sp³-hybridized carbons (Fsp3) is 0.647. The van der Waals surface area contributed by atoms with Crippen molar-refractivity contribution < 1.29 is 4.74 Å². The smallest absolute Gasteiger partial charge is 0.136 e. The van der Waals surface area contributed by atoms with Gasteiger partial charge < -0.3 is 10.1 Å². The second kappa shape index (κ2) is 6.48. The molecule has 0 aromatic heterocycles. The Labute approximate surface area is 131 Å². The third-order valence-corrected chi connectivity index (χ3v) is 4.69. The van der Waals surface area contributed by atoms with Crippen LogP contribution in [0.25, 0.3) is 0 Å². The minimum Gasteiger partial charge on any atom is -0.495 e. The Balaban J connectivity index is 2.30. The second-order valence-electron chi connectivity index (χ2n) is 6.82. The second-order valence-corrected chi connectivity index (χ2v) is 7.67. The number of piperidine rings is 1. The van der Waals surface area contributed by atoms with Crippen molar-refractivity contribution in [1.82, 2.24) is 5.32 Å². The summed E-state index contributed by atoms with van der Waals surface area (Å²) in [7, 11) is 1.76. The molecule has 1 N–H and O–H groups in total. The predicted octanol–water partition coefficient (Wildman–Crippen LogP) is 4.30. The van der Waals surface area contributed by atoms with Gasteiger partial charge in [0, 0.05) is 0 Å². The van der Waals surface area contributed by atoms with E-state index >= 15 is 0 Å². The van der Waals surface area contributed by atoms with E-state index in [1.807, 2.05) is 0 Å². The number of halogens is 1. The van der Waals surface area contributed by atoms with E-state index in [0.717, 1.165) is 29.1 Å². The maximum atomic E-state index is 5.62. The van der Waals surface area contributed by atoms with Gasteiger partial charge in [0.25, 0.3) is 0 Å². The van der Waals surface area contributed by atoms with E-state index in [1.54, 1.807) is 7.11 Å². The highest BCUT2D eigenvalue weighted by Gasteiger charge is 2.21. The molecule has 1 aliphatic heterocycles. The summed E-state index contributed by atoms with van der Waals surface area (Å²) in [5.74, 6) is 1.73. The lowest BCUT2D eigenvalue weighted by Crippen LogP contribution is -2.31. The van der Waals surface area contributed by atoms with Crippen molar-refractivity contribution in [2.45, 2.75) is 45.4 Å². The van der Waals surface area contributed by atoms with Gasteiger partial charge in [-0.2, -0.15) is 0 Å². The fourth-order valence-corrected chi connectivity index (χ4v) is 3.54. The average Bonchev–Trinajstić information content (AvgIpc) is 2.38. The molecule has 2 nitrogen and oxygen atoms in total. The van der Waals surface area contributed by atoms with Crippen LogP contribution in [0.5, 0.6) is 5.75 Å². The highest BCUT2D eigenvalue weighted by molar-refractivity contribution is 9.10. The predicted molar refractivity (Wildman–Crippen MR) is 88.7 cm³/mol. The Morgan fingerprint density at radius 3 is 2.65 bits per heavy atom. The van der Waals surface area contributed by atoms with Crippen LogP contribution in [0.15, 0.2) is 16.6 Å². The number of benzene rings is 1. The van der Waals surface area contributed by atoms with E-state index in [4.69, 9.17) is 4.74 Å². The first kappa shape index (κ1) is 15.8. The number of rotatable bonds is 3. The third-order valence-electron chi connectivity index (χ3n) is 4.10. The Kier molecular flexibility index (Phi) is 5.14. The van der Waals surface area contributed by atoms with E-state index in [2.05, 4.69) is 54.2 Å². The summed E-state index contributed by atoms with van der Waals surface area (Å²) >= 11 is 3.67. The lowest BCUT2D eigenvalue weighted by molar-refractivity contribution is 0.363. The van der Waals surface area contributed by atoms with Gasteiger partial charge in [-0.25, -0.2) is 0 Å². The summed E-state index contributed by atoms with van der Waals surface area (Å²) in [6.07, 6.45) is 3.69. The number of methoxy groups -OCH3 is 1. The van der Waals surface area contributed by atoms with E-state index in [-0.39, 0.29) is 5.41 Å². The van der Waals surface area contributed by atoms with E-state index in [1.165, 1.54) is 30.5 Å². The van der Waals surface area contributed by atoms with Crippen LogP contribution >= 0.6 is 15.9 Å². The molecule has 112 valence electrons. The van der Waals surface area contributed by atoms with Gasteiger partial charge in [-0.05, 0) is 76.8 Å². The standard InChI is InChI=1S/C17H26BrNO/c1-17(2,3)14-9-13(16(20-4)15(18)10-14)8-12-6-5-7-19-11-12/h9-10,12,19H,5-8,11H2,1-4H3. The van der Waals surface area contributed by atoms with Gasteiger partial charge in [0.1, 0.15) is 5.75 Å². The monoisotopic (exact) mass is 339 g/mol. The Morgan fingerprint density at radius 1 is 1.35 bits per heavy atom. The van der Waals surface area contributed by atoms with Crippen LogP contribution in [-0.2, 0) is 11.8 Å². The first-order valence-electron chi connectivity index (χ1n) is 7.49. The Morgan fingerprint density at radius 2 is 2.10 bits per heavy atom. The molecule has 1 aliphatic rings. The van der Waals surface area contributed by atoms with Crippen LogP contribution in [-0.4, -0.2) is 20.2 Å². The molecule has 0 amide bonds. The molecule has 0 bridgehead atoms. The SMILES string of the molecule is COc1c(Br)cc(C(C)(C)C)cc1CC1CCCNC1. The average molecular weight is 340 g/mol. The summed E-state index contributed by atoms with van der Waals surface area (Å²) in [6.45, 7) is 9.06. The molecule has 0 aliphatic carbocycles. The molecule has 20 heavy (non-hydrogen) atoms. The van der Waals surface area contributed by atoms with Crippen molar-refractivity contribution >= 4 is 15.9 Å². The van der Waals surface area contributed by atoms with Crippen LogP contribution in [0.2, 0.25) is 0 Å². The lowest BCUT2D eigenvalue weighted by atomic mass is 9.84. The van der Waals surface area contributed by atoms with Gasteiger partial charge in [-0.15, -0.1) is 0 Å². The molecule has 3 heteroatoms. The molecule has 1 fully saturated rings. The van der Waals surface area contributed by atoms with Crippen molar-refractivity contribution in [3.63, 3.8) is 0 Å². The Bertz CT molecular complexity index is 459. The third kappa shape index (κ3) is 3.76. The molecular weight excluding hydrogens is 314 g/mol. The van der Waals surface area contributed by atoms with Gasteiger partial charge >= 0.3 is 0 Å². The largest absolute Gasteiger partial charge is 0.495 e. The molecule has 0 spiro atoms. The summed E-state index contributed by atoms with van der Waals surface area (Å²) < 4.78 is 6.69. The summed E-state index contributed by atoms with van der Waals surface area (Å²) in [4.78, 5) is 0. The highest BCUT2D eigenvalue weighted by atomic mass is 79.9. The van der Waals surface area contributed by atoms with Crippen LogP contribution in [0, 0.1) is 5.92 Å². The zero-order valence-corrected chi connectivity index (χ0v) is 14.6. The molecule has 1 atom stereocenters. The summed E-state index contributed by atoms with van der Waals surface area (Å²) in [5.41, 5.74) is 2.86. The summed E-state index contributed by atoms with van der Waals surface area (Å²) in [5, 5.41) is 3.50. The number of ether oxygens (including phenoxy) is 1. The highest BCUT2D eigenvalue weighted by Crippen LogP contribution is 2.36. The number of hydrogen-bond donors (Lipinski definition) is 1. The van der Waals surface area contributed by atoms with Crippen molar-refractivity contribution in [2.75, 3.05) is 20.2 Å². The number of hydrogen-bond acceptors (Lipinski definition) is 2. The number of nitrogens with one attached hydrogen (secondary N) is 1. The first-order chi connectivity index (χ1) is 9.41. The first-order valence-corrected chi connectivity index (χ1v) is 8.28. The molecule has 1 aromatic rings. The molecular formula is C17H26BrNO. The molecule has 0 saturated carbocycles. The minimum atomic E-state index is 0.161. The maximum Gasteiger partial charge on any atom is 0.136 e. The molecule has 0 radical (unpaired) electrons. The lowest BCUT2D eigenvalue weighted by Gasteiger charge is -2.26. The zero-order valence-electron chi connectivity index (χ0n) is 13.1. The molecule has 1 unspecified atom stereocenters. The van der Waals surface area contributed by atoms with Crippen molar-refractivity contribution in [2.24, 2.45) is 5.92 Å². The Hall–Kier alpha value is -0.540. The van der Waals surface area contributed by atoms with E-state index in [0.29, 0.717) is 0 Å². The van der Waals surface area contributed by atoms with Crippen molar-refractivity contribution in [1.29, 1.82) is 0 Å². The van der Waals surface area contributed by atoms with E-state index < -0.39 is 0 Å². The minimum absolute atomic E-state index is 0.161. The van der Waals surface area contributed by atoms with E-state index in [9.17, 15) is 0 Å². The molecule has 1 aromatic carbocycles. The van der Waals surface area contributed by atoms with Crippen molar-refractivity contribution in [3.8, 4) is 5.75 Å². The quantitative estimate of drug-likeness (QED) is 0.886. The van der Waals surface area contributed by atoms with Crippen LogP contribution < -0.4 is 10.1 Å². The molecule has 2 rings (SSSR count). The van der Waals surface area contributed by atoms with Crippen LogP contribution in [0.4, 0.5) is 0 Å². The summed E-state index contributed by atoms with van der Waals surface area (Å²) in [6, 6.07) is 4.53. The fourth-order valence-electron chi connectivity index (χ4n) is 2.87. The van der Waals surface area contributed by atoms with Gasteiger partial charge in [0.15, 0.2) is 0 Å².